The van der Waals surface area contributed by atoms with E-state index in [4.69, 9.17) is 5.26 Å². The fourth-order valence-electron chi connectivity index (χ4n) is 1.77. The second-order valence-electron chi connectivity index (χ2n) is 4.77. The van der Waals surface area contributed by atoms with Crippen LogP contribution in [0.25, 0.3) is 11.4 Å². The summed E-state index contributed by atoms with van der Waals surface area (Å²) in [7, 11) is 0. The Bertz CT molecular complexity index is 927. The van der Waals surface area contributed by atoms with Crippen LogP contribution in [0.15, 0.2) is 50.9 Å². The summed E-state index contributed by atoms with van der Waals surface area (Å²) in [5, 5.41) is 8.77. The Morgan fingerprint density at radius 1 is 0.958 bits per heavy atom. The highest BCUT2D eigenvalue weighted by molar-refractivity contribution is 5.54. The third kappa shape index (κ3) is 4.41. The summed E-state index contributed by atoms with van der Waals surface area (Å²) in [6, 6.07) is 12.0. The summed E-state index contributed by atoms with van der Waals surface area (Å²) >= 11 is 0. The molecule has 1 aromatic carbocycles. The monoisotopic (exact) mass is 326 g/mol. The molecular weight excluding hydrogens is 312 g/mol. The second-order valence-corrected chi connectivity index (χ2v) is 4.77. The molecule has 3 aromatic rings. The summed E-state index contributed by atoms with van der Waals surface area (Å²) < 4.78 is 0. The molecule has 0 saturated carbocycles. The van der Waals surface area contributed by atoms with Crippen LogP contribution in [0.1, 0.15) is 18.5 Å². The largest absolute Gasteiger partial charge is 0.341 e. The first kappa shape index (κ1) is 16.7. The molecular formula is C15H14N6O3. The maximum Gasteiger partial charge on any atom is 0.330 e. The molecule has 0 fully saturated rings. The molecule has 9 nitrogen and oxygen atoms in total. The third-order valence-corrected chi connectivity index (χ3v) is 2.98. The van der Waals surface area contributed by atoms with E-state index < -0.39 is 17.1 Å². The highest BCUT2D eigenvalue weighted by Crippen LogP contribution is 2.18. The van der Waals surface area contributed by atoms with E-state index in [0.717, 1.165) is 17.1 Å². The molecule has 1 atom stereocenters. The highest BCUT2D eigenvalue weighted by Gasteiger charge is 2.08. The number of nitrogens with zero attached hydrogens (tertiary/aromatic N) is 2. The van der Waals surface area contributed by atoms with Gasteiger partial charge in [-0.15, -0.1) is 0 Å². The van der Waals surface area contributed by atoms with Crippen LogP contribution in [0.2, 0.25) is 0 Å². The van der Waals surface area contributed by atoms with E-state index in [2.05, 4.69) is 16.0 Å². The third-order valence-electron chi connectivity index (χ3n) is 2.98. The molecule has 0 aliphatic carbocycles. The van der Waals surface area contributed by atoms with Crippen LogP contribution in [0.4, 0.5) is 0 Å². The zero-order chi connectivity index (χ0) is 17.5. The van der Waals surface area contributed by atoms with Crippen molar-refractivity contribution in [3.63, 3.8) is 0 Å². The van der Waals surface area contributed by atoms with Crippen molar-refractivity contribution in [1.82, 2.24) is 24.9 Å². The van der Waals surface area contributed by atoms with Crippen molar-refractivity contribution in [2.75, 3.05) is 0 Å². The zero-order valence-corrected chi connectivity index (χ0v) is 12.7. The van der Waals surface area contributed by atoms with Crippen molar-refractivity contribution in [3.05, 3.63) is 73.7 Å². The summed E-state index contributed by atoms with van der Waals surface area (Å²) in [5.41, 5.74) is -0.513. The fourth-order valence-corrected chi connectivity index (χ4v) is 1.77. The van der Waals surface area contributed by atoms with Crippen molar-refractivity contribution in [2.24, 2.45) is 0 Å². The van der Waals surface area contributed by atoms with Crippen LogP contribution >= 0.6 is 0 Å². The first-order valence-electron chi connectivity index (χ1n) is 6.92. The number of benzene rings is 1. The predicted octanol–water partition coefficient (Wildman–Crippen LogP) is 0.455. The van der Waals surface area contributed by atoms with Crippen LogP contribution in [-0.4, -0.2) is 24.9 Å². The molecule has 0 saturated heterocycles. The van der Waals surface area contributed by atoms with Gasteiger partial charge in [-0.2, -0.15) is 5.26 Å². The first-order chi connectivity index (χ1) is 11.5. The number of rotatable bonds is 2. The Morgan fingerprint density at radius 3 is 2.00 bits per heavy atom. The normalized spacial score (nSPS) is 11.0. The lowest BCUT2D eigenvalue weighted by atomic mass is 10.1. The summed E-state index contributed by atoms with van der Waals surface area (Å²) in [4.78, 5) is 43.3. The van der Waals surface area contributed by atoms with Gasteiger partial charge in [-0.3, -0.25) is 15.0 Å². The number of imidazole rings is 1. The number of hydrogen-bond donors (Lipinski definition) is 4. The van der Waals surface area contributed by atoms with E-state index in [0.29, 0.717) is 0 Å². The smallest absolute Gasteiger partial charge is 0.330 e. The van der Waals surface area contributed by atoms with Gasteiger partial charge in [-0.1, -0.05) is 30.3 Å². The van der Waals surface area contributed by atoms with Gasteiger partial charge in [-0.25, -0.2) is 19.4 Å². The molecule has 122 valence electrons. The van der Waals surface area contributed by atoms with E-state index in [1.165, 1.54) is 0 Å². The molecule has 2 aromatic heterocycles. The van der Waals surface area contributed by atoms with Gasteiger partial charge in [0.15, 0.2) is 0 Å². The van der Waals surface area contributed by atoms with Gasteiger partial charge in [0.05, 0.1) is 17.7 Å². The molecule has 0 aliphatic heterocycles. The van der Waals surface area contributed by atoms with Crippen LogP contribution in [0.5, 0.6) is 0 Å². The SMILES string of the molecule is CC(C#N)c1cnc(-c2ccccc2)[nH]1.O=c1[nH]c(=O)[nH]c(=O)[nH]1. The van der Waals surface area contributed by atoms with Gasteiger partial charge >= 0.3 is 17.1 Å². The molecule has 1 unspecified atom stereocenters. The Hall–Kier alpha value is -3.67. The fraction of sp³-hybridized carbons (Fsp3) is 0.133. The standard InChI is InChI=1S/C12H11N3.C3H3N3O3/c1-9(7-13)11-8-14-12(15-11)10-5-3-2-4-6-10;7-1-4-2(8)6-3(9)5-1/h2-6,8-9H,1H3,(H,14,15);(H3,4,5,6,7,8,9). The quantitative estimate of drug-likeness (QED) is 0.539. The van der Waals surface area contributed by atoms with Gasteiger partial charge in [0, 0.05) is 11.8 Å². The average molecular weight is 326 g/mol. The minimum atomic E-state index is -0.802. The maximum atomic E-state index is 10.2. The molecule has 0 aliphatic rings. The molecule has 0 bridgehead atoms. The van der Waals surface area contributed by atoms with Crippen molar-refractivity contribution < 1.29 is 0 Å². The minimum Gasteiger partial charge on any atom is -0.341 e. The van der Waals surface area contributed by atoms with Gasteiger partial charge in [0.2, 0.25) is 0 Å². The number of nitrogens with one attached hydrogen (secondary N) is 4. The Labute approximate surface area is 135 Å². The number of hydrogen-bond acceptors (Lipinski definition) is 5. The van der Waals surface area contributed by atoms with E-state index >= 15 is 0 Å². The molecule has 24 heavy (non-hydrogen) atoms. The summed E-state index contributed by atoms with van der Waals surface area (Å²) in [6.07, 6.45) is 1.72. The Kier molecular flexibility index (Phi) is 5.25. The lowest BCUT2D eigenvalue weighted by Crippen LogP contribution is -2.34. The van der Waals surface area contributed by atoms with Crippen LogP contribution in [-0.2, 0) is 0 Å². The van der Waals surface area contributed by atoms with E-state index in [9.17, 15) is 14.4 Å². The van der Waals surface area contributed by atoms with Crippen molar-refractivity contribution in [3.8, 4) is 17.5 Å². The number of nitriles is 1. The van der Waals surface area contributed by atoms with Crippen LogP contribution < -0.4 is 17.1 Å². The second kappa shape index (κ2) is 7.55. The first-order valence-corrected chi connectivity index (χ1v) is 6.92. The molecule has 4 N–H and O–H groups in total. The van der Waals surface area contributed by atoms with Gasteiger partial charge in [-0.05, 0) is 6.92 Å². The highest BCUT2D eigenvalue weighted by atomic mass is 16.2. The Morgan fingerprint density at radius 2 is 1.50 bits per heavy atom. The molecule has 3 rings (SSSR count). The lowest BCUT2D eigenvalue weighted by Gasteiger charge is -1.97. The minimum absolute atomic E-state index is 0.144. The van der Waals surface area contributed by atoms with Gasteiger partial charge in [0.25, 0.3) is 0 Å². The van der Waals surface area contributed by atoms with Crippen LogP contribution in [0.3, 0.4) is 0 Å². The van der Waals surface area contributed by atoms with E-state index in [-0.39, 0.29) is 5.92 Å². The molecule has 0 radical (unpaired) electrons. The lowest BCUT2D eigenvalue weighted by molar-refractivity contribution is 0.888. The number of aromatic nitrogens is 5. The van der Waals surface area contributed by atoms with Crippen molar-refractivity contribution in [1.29, 1.82) is 5.26 Å². The summed E-state index contributed by atoms with van der Waals surface area (Å²) in [5.74, 6) is 0.669. The predicted molar refractivity (Wildman–Crippen MR) is 86.4 cm³/mol. The average Bonchev–Trinajstić information content (AvgIpc) is 3.04. The Balaban J connectivity index is 0.000000198. The van der Waals surface area contributed by atoms with Gasteiger partial charge < -0.3 is 4.98 Å². The number of aromatic amines is 4. The maximum absolute atomic E-state index is 10.2. The van der Waals surface area contributed by atoms with E-state index in [1.54, 1.807) is 21.1 Å². The van der Waals surface area contributed by atoms with Crippen molar-refractivity contribution in [2.45, 2.75) is 12.8 Å². The zero-order valence-electron chi connectivity index (χ0n) is 12.7. The topological polar surface area (TPSA) is 151 Å². The molecule has 2 heterocycles. The number of H-pyrrole nitrogens is 4. The van der Waals surface area contributed by atoms with Gasteiger partial charge in [0.1, 0.15) is 5.82 Å². The molecule has 9 heteroatoms. The molecule has 0 spiro atoms. The van der Waals surface area contributed by atoms with Crippen molar-refractivity contribution >= 4 is 0 Å². The van der Waals surface area contributed by atoms with E-state index in [1.807, 2.05) is 37.3 Å². The summed E-state index contributed by atoms with van der Waals surface area (Å²) in [6.45, 7) is 1.85. The molecule has 0 amide bonds. The van der Waals surface area contributed by atoms with Crippen LogP contribution in [0, 0.1) is 11.3 Å².